The maximum Gasteiger partial charge on any atom is 0.335 e. The highest BCUT2D eigenvalue weighted by Crippen LogP contribution is 2.35. The number of hydrogen-bond donors (Lipinski definition) is 2. The second-order valence-electron chi connectivity index (χ2n) is 5.14. The zero-order valence-electron chi connectivity index (χ0n) is 9.97. The van der Waals surface area contributed by atoms with E-state index in [2.05, 4.69) is 26.0 Å². The summed E-state index contributed by atoms with van der Waals surface area (Å²) < 4.78 is 0. The highest BCUT2D eigenvalue weighted by atomic mass is 16.4. The lowest BCUT2D eigenvalue weighted by Crippen LogP contribution is -2.14. The summed E-state index contributed by atoms with van der Waals surface area (Å²) in [7, 11) is 0. The predicted molar refractivity (Wildman–Crippen MR) is 65.5 cm³/mol. The van der Waals surface area contributed by atoms with Gasteiger partial charge in [0.15, 0.2) is 0 Å². The second kappa shape index (κ2) is 3.91. The van der Waals surface area contributed by atoms with Crippen LogP contribution < -0.4 is 0 Å². The van der Waals surface area contributed by atoms with Gasteiger partial charge in [-0.1, -0.05) is 38.2 Å². The molecule has 1 unspecified atom stereocenters. The fourth-order valence-corrected chi connectivity index (χ4v) is 2.07. The molecule has 0 bridgehead atoms. The average Bonchev–Trinajstić information content (AvgIpc) is 2.37. The first-order valence-corrected chi connectivity index (χ1v) is 5.65. The van der Waals surface area contributed by atoms with Gasteiger partial charge in [-0.25, -0.2) is 4.79 Å². The molecule has 0 saturated heterocycles. The lowest BCUT2D eigenvalue weighted by molar-refractivity contribution is -0.133. The second-order valence-corrected chi connectivity index (χ2v) is 5.14. The summed E-state index contributed by atoms with van der Waals surface area (Å²) in [5, 5.41) is 18.6. The molecule has 3 heteroatoms. The maximum atomic E-state index is 11.0. The van der Waals surface area contributed by atoms with E-state index in [1.807, 2.05) is 12.2 Å². The number of carbonyl (C=O) groups is 1. The van der Waals surface area contributed by atoms with E-state index in [0.717, 1.165) is 5.57 Å². The number of aliphatic hydroxyl groups is 1. The van der Waals surface area contributed by atoms with Crippen LogP contribution in [0.1, 0.15) is 20.3 Å². The van der Waals surface area contributed by atoms with Crippen LogP contribution >= 0.6 is 0 Å². The van der Waals surface area contributed by atoms with E-state index in [0.29, 0.717) is 6.42 Å². The molecule has 2 aliphatic rings. The Balaban J connectivity index is 2.40. The molecule has 17 heavy (non-hydrogen) atoms. The third-order valence-electron chi connectivity index (χ3n) is 3.19. The third-order valence-corrected chi connectivity index (χ3v) is 3.19. The predicted octanol–water partition coefficient (Wildman–Crippen LogP) is 2.98. The first-order valence-electron chi connectivity index (χ1n) is 5.65. The number of aliphatic carboxylic acids is 1. The molecule has 0 aromatic rings. The van der Waals surface area contributed by atoms with Crippen molar-refractivity contribution in [2.45, 2.75) is 20.3 Å². The van der Waals surface area contributed by atoms with Gasteiger partial charge in [-0.15, -0.1) is 0 Å². The molecule has 3 nitrogen and oxygen atoms in total. The molecule has 2 N–H and O–H groups in total. The Morgan fingerprint density at radius 1 is 1.41 bits per heavy atom. The van der Waals surface area contributed by atoms with Crippen LogP contribution in [0.4, 0.5) is 0 Å². The third kappa shape index (κ3) is 2.33. The van der Waals surface area contributed by atoms with Crippen molar-refractivity contribution in [3.05, 3.63) is 47.3 Å². The Labute approximate surface area is 100 Å². The van der Waals surface area contributed by atoms with Gasteiger partial charge in [-0.05, 0) is 18.1 Å². The maximum absolute atomic E-state index is 11.0. The first-order chi connectivity index (χ1) is 7.89. The molecule has 0 aromatic heterocycles. The number of fused-ring (bicyclic) bond motifs is 1. The standard InChI is InChI=1S/C14H16O3/c1-14(2)5-3-9-7-11(13(16)17)12(15)8-10(9)4-6-14/h3-6,8-9,15H,7H2,1-2H3,(H,16,17). The van der Waals surface area contributed by atoms with Crippen LogP contribution in [0.3, 0.4) is 0 Å². The Morgan fingerprint density at radius 3 is 2.76 bits per heavy atom. The molecule has 0 heterocycles. The molecule has 0 aromatic carbocycles. The molecule has 0 spiro atoms. The molecule has 0 radical (unpaired) electrons. The molecule has 0 aliphatic heterocycles. The summed E-state index contributed by atoms with van der Waals surface area (Å²) in [6, 6.07) is 0. The summed E-state index contributed by atoms with van der Waals surface area (Å²) in [6.45, 7) is 4.17. The normalized spacial score (nSPS) is 26.2. The van der Waals surface area contributed by atoms with Crippen molar-refractivity contribution in [1.29, 1.82) is 0 Å². The van der Waals surface area contributed by atoms with E-state index in [4.69, 9.17) is 5.11 Å². The van der Waals surface area contributed by atoms with Gasteiger partial charge in [0, 0.05) is 11.3 Å². The lowest BCUT2D eigenvalue weighted by Gasteiger charge is -2.19. The minimum absolute atomic E-state index is 0.0306. The van der Waals surface area contributed by atoms with Crippen molar-refractivity contribution in [3.63, 3.8) is 0 Å². The van der Waals surface area contributed by atoms with Crippen LogP contribution in [0.2, 0.25) is 0 Å². The number of carboxylic acids is 1. The lowest BCUT2D eigenvalue weighted by atomic mass is 9.86. The van der Waals surface area contributed by atoms with Crippen LogP contribution in [0, 0.1) is 11.3 Å². The van der Waals surface area contributed by atoms with E-state index >= 15 is 0 Å². The Morgan fingerprint density at radius 2 is 2.12 bits per heavy atom. The summed E-state index contributed by atoms with van der Waals surface area (Å²) in [6.07, 6.45) is 10.1. The van der Waals surface area contributed by atoms with Gasteiger partial charge in [-0.2, -0.15) is 0 Å². The molecular formula is C14H16O3. The molecule has 0 fully saturated rings. The molecule has 90 valence electrons. The number of aliphatic hydroxyl groups excluding tert-OH is 1. The quantitative estimate of drug-likeness (QED) is 0.683. The van der Waals surface area contributed by atoms with E-state index in [9.17, 15) is 9.90 Å². The van der Waals surface area contributed by atoms with E-state index in [1.165, 1.54) is 0 Å². The van der Waals surface area contributed by atoms with Crippen LogP contribution in [0.25, 0.3) is 0 Å². The zero-order chi connectivity index (χ0) is 12.6. The minimum atomic E-state index is -1.04. The number of rotatable bonds is 1. The van der Waals surface area contributed by atoms with Crippen molar-refractivity contribution in [2.75, 3.05) is 0 Å². The van der Waals surface area contributed by atoms with Gasteiger partial charge in [-0.3, -0.25) is 0 Å². The van der Waals surface area contributed by atoms with E-state index < -0.39 is 5.97 Å². The average molecular weight is 232 g/mol. The molecular weight excluding hydrogens is 216 g/mol. The number of allylic oxidation sites excluding steroid dienone is 6. The smallest absolute Gasteiger partial charge is 0.335 e. The fourth-order valence-electron chi connectivity index (χ4n) is 2.07. The monoisotopic (exact) mass is 232 g/mol. The molecule has 1 atom stereocenters. The highest BCUT2D eigenvalue weighted by molar-refractivity contribution is 5.88. The van der Waals surface area contributed by atoms with Crippen LogP contribution in [0.15, 0.2) is 47.3 Å². The molecule has 0 amide bonds. The van der Waals surface area contributed by atoms with Crippen molar-refractivity contribution in [2.24, 2.45) is 11.3 Å². The Kier molecular flexibility index (Phi) is 2.69. The largest absolute Gasteiger partial charge is 0.507 e. The van der Waals surface area contributed by atoms with Crippen molar-refractivity contribution in [1.82, 2.24) is 0 Å². The highest BCUT2D eigenvalue weighted by Gasteiger charge is 2.26. The fraction of sp³-hybridized carbons (Fsp3) is 0.357. The van der Waals surface area contributed by atoms with Crippen molar-refractivity contribution < 1.29 is 15.0 Å². The number of hydrogen-bond acceptors (Lipinski definition) is 2. The van der Waals surface area contributed by atoms with E-state index in [1.54, 1.807) is 6.08 Å². The van der Waals surface area contributed by atoms with Crippen LogP contribution in [-0.4, -0.2) is 16.2 Å². The Hall–Kier alpha value is -1.77. The van der Waals surface area contributed by atoms with Gasteiger partial charge < -0.3 is 10.2 Å². The van der Waals surface area contributed by atoms with Crippen LogP contribution in [-0.2, 0) is 4.79 Å². The van der Waals surface area contributed by atoms with Crippen molar-refractivity contribution >= 4 is 5.97 Å². The zero-order valence-corrected chi connectivity index (χ0v) is 9.97. The van der Waals surface area contributed by atoms with Crippen molar-refractivity contribution in [3.8, 4) is 0 Å². The summed E-state index contributed by atoms with van der Waals surface area (Å²) >= 11 is 0. The topological polar surface area (TPSA) is 57.5 Å². The molecule has 0 saturated carbocycles. The van der Waals surface area contributed by atoms with Gasteiger partial charge in [0.1, 0.15) is 5.76 Å². The molecule has 2 aliphatic carbocycles. The summed E-state index contributed by atoms with van der Waals surface area (Å²) in [4.78, 5) is 11.0. The van der Waals surface area contributed by atoms with Gasteiger partial charge in [0.05, 0.1) is 5.57 Å². The Bertz CT molecular complexity index is 476. The SMILES string of the molecule is CC1(C)C=CC2=CC(O)=C(C(=O)O)CC2C=C1. The number of carboxylic acid groups (broad SMARTS) is 1. The van der Waals surface area contributed by atoms with Gasteiger partial charge in [0.25, 0.3) is 0 Å². The summed E-state index contributed by atoms with van der Waals surface area (Å²) in [5.74, 6) is -1.12. The van der Waals surface area contributed by atoms with Gasteiger partial charge >= 0.3 is 5.97 Å². The van der Waals surface area contributed by atoms with Gasteiger partial charge in [0.2, 0.25) is 0 Å². The van der Waals surface area contributed by atoms with Crippen LogP contribution in [0.5, 0.6) is 0 Å². The minimum Gasteiger partial charge on any atom is -0.507 e. The summed E-state index contributed by atoms with van der Waals surface area (Å²) in [5.41, 5.74) is 1.03. The van der Waals surface area contributed by atoms with E-state index in [-0.39, 0.29) is 22.7 Å². The molecule has 2 rings (SSSR count). The first kappa shape index (κ1) is 11.7.